The quantitative estimate of drug-likeness (QED) is 0.577. The first-order valence-corrected chi connectivity index (χ1v) is 11.2. The van der Waals surface area contributed by atoms with Crippen molar-refractivity contribution in [3.8, 4) is 0 Å². The van der Waals surface area contributed by atoms with Gasteiger partial charge in [-0.15, -0.1) is 12.4 Å². The lowest BCUT2D eigenvalue weighted by Gasteiger charge is -2.27. The van der Waals surface area contributed by atoms with E-state index in [1.54, 1.807) is 26.0 Å². The number of nitrogens with zero attached hydrogens (tertiary/aromatic N) is 2. The average molecular weight is 433 g/mol. The van der Waals surface area contributed by atoms with Gasteiger partial charge >= 0.3 is 0 Å². The molecule has 28 heavy (non-hydrogen) atoms. The van der Waals surface area contributed by atoms with Crippen LogP contribution in [0, 0.1) is 6.92 Å². The van der Waals surface area contributed by atoms with E-state index < -0.39 is 10.0 Å². The van der Waals surface area contributed by atoms with Gasteiger partial charge in [0.1, 0.15) is 0 Å². The molecule has 1 aromatic rings. The highest BCUT2D eigenvalue weighted by molar-refractivity contribution is 7.89. The van der Waals surface area contributed by atoms with Gasteiger partial charge in [-0.1, -0.05) is 19.9 Å². The molecule has 0 spiro atoms. The van der Waals surface area contributed by atoms with Crippen LogP contribution in [0.15, 0.2) is 23.1 Å². The minimum absolute atomic E-state index is 0. The lowest BCUT2D eigenvalue weighted by Crippen LogP contribution is -2.44. The number of amides is 1. The number of benzene rings is 1. The van der Waals surface area contributed by atoms with E-state index in [4.69, 9.17) is 0 Å². The summed E-state index contributed by atoms with van der Waals surface area (Å²) in [5.41, 5.74) is 1.19. The van der Waals surface area contributed by atoms with E-state index in [2.05, 4.69) is 15.5 Å². The molecule has 1 aliphatic heterocycles. The maximum absolute atomic E-state index is 12.7. The molecular formula is C19H33ClN4O3S. The summed E-state index contributed by atoms with van der Waals surface area (Å²) < 4.78 is 26.8. The van der Waals surface area contributed by atoms with Gasteiger partial charge < -0.3 is 15.5 Å². The summed E-state index contributed by atoms with van der Waals surface area (Å²) in [5.74, 6) is -0.218. The largest absolute Gasteiger partial charge is 0.352 e. The molecule has 2 rings (SSSR count). The fourth-order valence-electron chi connectivity index (χ4n) is 3.25. The first kappa shape index (κ1) is 24.8. The van der Waals surface area contributed by atoms with Crippen molar-refractivity contribution in [3.05, 3.63) is 29.3 Å². The highest BCUT2D eigenvalue weighted by Crippen LogP contribution is 2.19. The summed E-state index contributed by atoms with van der Waals surface area (Å²) in [7, 11) is -3.57. The Bertz CT molecular complexity index is 733. The molecule has 1 aromatic carbocycles. The molecule has 1 heterocycles. The first-order chi connectivity index (χ1) is 12.9. The van der Waals surface area contributed by atoms with Crippen LogP contribution >= 0.6 is 12.4 Å². The zero-order valence-electron chi connectivity index (χ0n) is 17.0. The SMILES string of the molecule is CCN(CC)S(=O)(=O)c1ccc(C)c(C(=O)NCCCN2CCNCC2)c1.Cl. The van der Waals surface area contributed by atoms with Gasteiger partial charge in [0.15, 0.2) is 0 Å². The van der Waals surface area contributed by atoms with Crippen LogP contribution < -0.4 is 10.6 Å². The van der Waals surface area contributed by atoms with E-state index in [1.807, 2.05) is 6.92 Å². The number of nitrogens with one attached hydrogen (secondary N) is 2. The van der Waals surface area contributed by atoms with Crippen molar-refractivity contribution in [1.82, 2.24) is 19.8 Å². The Balaban J connectivity index is 0.00000392. The monoisotopic (exact) mass is 432 g/mol. The molecule has 0 bridgehead atoms. The molecular weight excluding hydrogens is 400 g/mol. The topological polar surface area (TPSA) is 81.8 Å². The van der Waals surface area contributed by atoms with E-state index in [0.29, 0.717) is 25.2 Å². The molecule has 2 N–H and O–H groups in total. The second-order valence-corrected chi connectivity index (χ2v) is 8.71. The number of piperazine rings is 1. The van der Waals surface area contributed by atoms with Crippen molar-refractivity contribution >= 4 is 28.3 Å². The van der Waals surface area contributed by atoms with Crippen molar-refractivity contribution in [3.63, 3.8) is 0 Å². The molecule has 1 aliphatic rings. The van der Waals surface area contributed by atoms with Crippen LogP contribution in [0.25, 0.3) is 0 Å². The molecule has 0 aromatic heterocycles. The number of carbonyl (C=O) groups excluding carboxylic acids is 1. The highest BCUT2D eigenvalue weighted by atomic mass is 35.5. The first-order valence-electron chi connectivity index (χ1n) is 9.72. The number of hydrogen-bond acceptors (Lipinski definition) is 5. The summed E-state index contributed by atoms with van der Waals surface area (Å²) in [6, 6.07) is 4.77. The van der Waals surface area contributed by atoms with Crippen LogP contribution in [-0.2, 0) is 10.0 Å². The number of aryl methyl sites for hydroxylation is 1. The zero-order chi connectivity index (χ0) is 19.9. The van der Waals surface area contributed by atoms with E-state index in [1.165, 1.54) is 10.4 Å². The predicted molar refractivity (Wildman–Crippen MR) is 115 cm³/mol. The van der Waals surface area contributed by atoms with Gasteiger partial charge in [0.25, 0.3) is 5.91 Å². The normalized spacial score (nSPS) is 15.3. The van der Waals surface area contributed by atoms with Crippen molar-refractivity contribution < 1.29 is 13.2 Å². The molecule has 7 nitrogen and oxygen atoms in total. The summed E-state index contributed by atoms with van der Waals surface area (Å²) in [4.78, 5) is 15.1. The van der Waals surface area contributed by atoms with Crippen LogP contribution in [0.1, 0.15) is 36.2 Å². The molecule has 0 atom stereocenters. The van der Waals surface area contributed by atoms with E-state index in [9.17, 15) is 13.2 Å². The molecule has 9 heteroatoms. The second kappa shape index (κ2) is 11.7. The smallest absolute Gasteiger partial charge is 0.251 e. The lowest BCUT2D eigenvalue weighted by atomic mass is 10.1. The third kappa shape index (κ3) is 6.42. The Morgan fingerprint density at radius 1 is 1.21 bits per heavy atom. The Kier molecular flexibility index (Phi) is 10.4. The van der Waals surface area contributed by atoms with Crippen LogP contribution in [0.2, 0.25) is 0 Å². The van der Waals surface area contributed by atoms with E-state index >= 15 is 0 Å². The fraction of sp³-hybridized carbons (Fsp3) is 0.632. The van der Waals surface area contributed by atoms with Gasteiger partial charge in [-0.3, -0.25) is 4.79 Å². The molecule has 0 unspecified atom stereocenters. The van der Waals surface area contributed by atoms with Crippen LogP contribution in [0.4, 0.5) is 0 Å². The third-order valence-electron chi connectivity index (χ3n) is 4.94. The van der Waals surface area contributed by atoms with Crippen molar-refractivity contribution in [2.24, 2.45) is 0 Å². The van der Waals surface area contributed by atoms with Crippen LogP contribution in [0.3, 0.4) is 0 Å². The average Bonchev–Trinajstić information content (AvgIpc) is 2.67. The lowest BCUT2D eigenvalue weighted by molar-refractivity contribution is 0.0950. The Hall–Kier alpha value is -1.19. The number of rotatable bonds is 9. The molecule has 1 amide bonds. The van der Waals surface area contributed by atoms with Crippen molar-refractivity contribution in [2.45, 2.75) is 32.1 Å². The number of sulfonamides is 1. The Morgan fingerprint density at radius 2 is 1.86 bits per heavy atom. The van der Waals surface area contributed by atoms with Crippen molar-refractivity contribution in [1.29, 1.82) is 0 Å². The highest BCUT2D eigenvalue weighted by Gasteiger charge is 2.23. The van der Waals surface area contributed by atoms with Gasteiger partial charge in [0.05, 0.1) is 4.90 Å². The van der Waals surface area contributed by atoms with Gasteiger partial charge in [0.2, 0.25) is 10.0 Å². The molecule has 1 fully saturated rings. The van der Waals surface area contributed by atoms with Gasteiger partial charge in [-0.2, -0.15) is 4.31 Å². The minimum atomic E-state index is -3.57. The number of halogens is 1. The van der Waals surface area contributed by atoms with Gasteiger partial charge in [0, 0.05) is 51.4 Å². The number of carbonyl (C=O) groups is 1. The minimum Gasteiger partial charge on any atom is -0.352 e. The summed E-state index contributed by atoms with van der Waals surface area (Å²) in [5, 5.41) is 6.25. The van der Waals surface area contributed by atoms with Crippen molar-refractivity contribution in [2.75, 3.05) is 52.4 Å². The van der Waals surface area contributed by atoms with Gasteiger partial charge in [-0.25, -0.2) is 8.42 Å². The third-order valence-corrected chi connectivity index (χ3v) is 6.99. The predicted octanol–water partition coefficient (Wildman–Crippen LogP) is 1.47. The van der Waals surface area contributed by atoms with Crippen LogP contribution in [0.5, 0.6) is 0 Å². The fourth-order valence-corrected chi connectivity index (χ4v) is 4.74. The Morgan fingerprint density at radius 3 is 2.46 bits per heavy atom. The number of hydrogen-bond donors (Lipinski definition) is 2. The van der Waals surface area contributed by atoms with E-state index in [-0.39, 0.29) is 23.2 Å². The summed E-state index contributed by atoms with van der Waals surface area (Å²) in [6.07, 6.45) is 0.877. The van der Waals surface area contributed by atoms with Gasteiger partial charge in [-0.05, 0) is 37.6 Å². The standard InChI is InChI=1S/C19H32N4O3S.ClH/c1-4-23(5-2)27(25,26)17-8-7-16(3)18(15-17)19(24)21-9-6-12-22-13-10-20-11-14-22;/h7-8,15,20H,4-6,9-14H2,1-3H3,(H,21,24);1H. The Labute approximate surface area is 175 Å². The molecule has 0 aliphatic carbocycles. The summed E-state index contributed by atoms with van der Waals surface area (Å²) in [6.45, 7) is 11.9. The zero-order valence-corrected chi connectivity index (χ0v) is 18.7. The van der Waals surface area contributed by atoms with Crippen LogP contribution in [-0.4, -0.2) is 75.9 Å². The maximum atomic E-state index is 12.7. The second-order valence-electron chi connectivity index (χ2n) is 6.77. The molecule has 0 saturated carbocycles. The summed E-state index contributed by atoms with van der Waals surface area (Å²) >= 11 is 0. The maximum Gasteiger partial charge on any atom is 0.251 e. The molecule has 1 saturated heterocycles. The molecule has 160 valence electrons. The van der Waals surface area contributed by atoms with E-state index in [0.717, 1.165) is 44.7 Å². The molecule has 0 radical (unpaired) electrons.